The molecule has 2 aliphatic heterocycles. The molecule has 1 fully saturated rings. The molecular formula is C20H27ClN4O3. The van der Waals surface area contributed by atoms with Crippen LogP contribution >= 0.6 is 11.6 Å². The van der Waals surface area contributed by atoms with Crippen LogP contribution in [0.3, 0.4) is 0 Å². The van der Waals surface area contributed by atoms with Crippen molar-refractivity contribution in [1.29, 1.82) is 0 Å². The summed E-state index contributed by atoms with van der Waals surface area (Å²) in [6, 6.07) is 6.36. The molecule has 1 aromatic carbocycles. The van der Waals surface area contributed by atoms with Crippen LogP contribution in [-0.2, 0) is 9.53 Å². The molecule has 0 radical (unpaired) electrons. The fourth-order valence-electron chi connectivity index (χ4n) is 3.55. The van der Waals surface area contributed by atoms with Crippen LogP contribution < -0.4 is 5.32 Å². The number of hydrogen-bond acceptors (Lipinski definition) is 5. The predicted molar refractivity (Wildman–Crippen MR) is 108 cm³/mol. The summed E-state index contributed by atoms with van der Waals surface area (Å²) in [5, 5.41) is 3.47. The Bertz CT molecular complexity index is 774. The van der Waals surface area contributed by atoms with E-state index in [1.807, 2.05) is 12.1 Å². The van der Waals surface area contributed by atoms with Crippen molar-refractivity contribution in [2.24, 2.45) is 0 Å². The molecule has 0 saturated carbocycles. The minimum absolute atomic E-state index is 0.248. The highest BCUT2D eigenvalue weighted by atomic mass is 35.5. The van der Waals surface area contributed by atoms with E-state index in [1.54, 1.807) is 26.1 Å². The van der Waals surface area contributed by atoms with Gasteiger partial charge in [-0.2, -0.15) is 0 Å². The quantitative estimate of drug-likeness (QED) is 0.758. The lowest BCUT2D eigenvalue weighted by Crippen LogP contribution is -2.51. The highest BCUT2D eigenvalue weighted by Crippen LogP contribution is 2.32. The predicted octanol–water partition coefficient (Wildman–Crippen LogP) is 2.10. The van der Waals surface area contributed by atoms with Crippen LogP contribution in [0.2, 0.25) is 5.02 Å². The van der Waals surface area contributed by atoms with Crippen molar-refractivity contribution < 1.29 is 14.3 Å². The van der Waals surface area contributed by atoms with Crippen molar-refractivity contribution in [3.63, 3.8) is 0 Å². The fourth-order valence-corrected chi connectivity index (χ4v) is 3.75. The van der Waals surface area contributed by atoms with Crippen molar-refractivity contribution in [1.82, 2.24) is 20.0 Å². The highest BCUT2D eigenvalue weighted by molar-refractivity contribution is 6.30. The van der Waals surface area contributed by atoms with E-state index < -0.39 is 12.0 Å². The first-order valence-corrected chi connectivity index (χ1v) is 9.89. The third kappa shape index (κ3) is 4.48. The molecular weight excluding hydrogens is 380 g/mol. The summed E-state index contributed by atoms with van der Waals surface area (Å²) in [5.74, 6) is -0.413. The maximum absolute atomic E-state index is 12.9. The smallest absolute Gasteiger partial charge is 0.338 e. The normalized spacial score (nSPS) is 21.6. The van der Waals surface area contributed by atoms with Gasteiger partial charge in [0.25, 0.3) is 0 Å². The first-order chi connectivity index (χ1) is 13.4. The standard InChI is InChI=1S/C20H27ClN4O3/c1-4-28-19(26)17-16(13-25-10-8-23(2)9-11-25)24(3)20(27)22-18(17)14-6-5-7-15(21)12-14/h5-7,12,18H,4,8-11,13H2,1-3H3,(H,22,27). The van der Waals surface area contributed by atoms with Crippen LogP contribution in [0.25, 0.3) is 0 Å². The number of carbonyl (C=O) groups is 2. The molecule has 1 unspecified atom stereocenters. The average molecular weight is 407 g/mol. The number of nitrogens with one attached hydrogen (secondary N) is 1. The number of carbonyl (C=O) groups excluding carboxylic acids is 2. The molecule has 0 aromatic heterocycles. The summed E-state index contributed by atoms with van der Waals surface area (Å²) in [6.45, 7) is 6.23. The average Bonchev–Trinajstić information content (AvgIpc) is 2.67. The third-order valence-electron chi connectivity index (χ3n) is 5.22. The zero-order valence-electron chi connectivity index (χ0n) is 16.6. The molecule has 0 aliphatic carbocycles. The number of piperazine rings is 1. The zero-order chi connectivity index (χ0) is 20.3. The largest absolute Gasteiger partial charge is 0.463 e. The SMILES string of the molecule is CCOC(=O)C1=C(CN2CCN(C)CC2)N(C)C(=O)NC1c1cccc(Cl)c1. The Morgan fingerprint density at radius 1 is 1.25 bits per heavy atom. The van der Waals surface area contributed by atoms with Gasteiger partial charge in [-0.3, -0.25) is 9.80 Å². The summed E-state index contributed by atoms with van der Waals surface area (Å²) in [7, 11) is 3.78. The Labute approximate surface area is 170 Å². The second-order valence-electron chi connectivity index (χ2n) is 7.16. The van der Waals surface area contributed by atoms with E-state index in [0.717, 1.165) is 31.7 Å². The van der Waals surface area contributed by atoms with Gasteiger partial charge in [0, 0.05) is 50.5 Å². The number of ether oxygens (including phenoxy) is 1. The molecule has 7 nitrogen and oxygen atoms in total. The van der Waals surface area contributed by atoms with Gasteiger partial charge in [-0.25, -0.2) is 9.59 Å². The van der Waals surface area contributed by atoms with E-state index in [1.165, 1.54) is 4.90 Å². The maximum Gasteiger partial charge on any atom is 0.338 e. The van der Waals surface area contributed by atoms with Gasteiger partial charge in [0.15, 0.2) is 0 Å². The van der Waals surface area contributed by atoms with Crippen LogP contribution in [0.5, 0.6) is 0 Å². The molecule has 3 rings (SSSR count). The molecule has 2 heterocycles. The molecule has 28 heavy (non-hydrogen) atoms. The molecule has 1 saturated heterocycles. The Hall–Kier alpha value is -2.09. The Morgan fingerprint density at radius 3 is 2.61 bits per heavy atom. The molecule has 152 valence electrons. The third-order valence-corrected chi connectivity index (χ3v) is 5.46. The molecule has 1 N–H and O–H groups in total. The minimum atomic E-state index is -0.594. The van der Waals surface area contributed by atoms with Crippen molar-refractivity contribution in [2.45, 2.75) is 13.0 Å². The minimum Gasteiger partial charge on any atom is -0.463 e. The second kappa shape index (κ2) is 8.94. The monoisotopic (exact) mass is 406 g/mol. The van der Waals surface area contributed by atoms with Crippen LogP contribution in [0.4, 0.5) is 4.79 Å². The number of likely N-dealkylation sites (N-methyl/N-ethyl adjacent to an activating group) is 2. The first-order valence-electron chi connectivity index (χ1n) is 9.51. The number of rotatable bonds is 5. The van der Waals surface area contributed by atoms with Gasteiger partial charge in [0.05, 0.1) is 18.2 Å². The number of halogens is 1. The van der Waals surface area contributed by atoms with Gasteiger partial charge >= 0.3 is 12.0 Å². The molecule has 1 atom stereocenters. The number of hydrogen-bond donors (Lipinski definition) is 1. The lowest BCUT2D eigenvalue weighted by atomic mass is 9.94. The summed E-state index contributed by atoms with van der Waals surface area (Å²) >= 11 is 6.16. The highest BCUT2D eigenvalue weighted by Gasteiger charge is 2.37. The fraction of sp³-hybridized carbons (Fsp3) is 0.500. The van der Waals surface area contributed by atoms with Crippen LogP contribution in [0.1, 0.15) is 18.5 Å². The van der Waals surface area contributed by atoms with Crippen LogP contribution in [-0.4, -0.2) is 80.1 Å². The molecule has 2 aliphatic rings. The van der Waals surface area contributed by atoms with Gasteiger partial charge < -0.3 is 15.0 Å². The van der Waals surface area contributed by atoms with E-state index in [-0.39, 0.29) is 12.6 Å². The Morgan fingerprint density at radius 2 is 1.96 bits per heavy atom. The van der Waals surface area contributed by atoms with E-state index in [4.69, 9.17) is 16.3 Å². The molecule has 8 heteroatoms. The number of amides is 2. The van der Waals surface area contributed by atoms with Gasteiger partial charge in [-0.15, -0.1) is 0 Å². The lowest BCUT2D eigenvalue weighted by Gasteiger charge is -2.38. The van der Waals surface area contributed by atoms with E-state index in [0.29, 0.717) is 22.8 Å². The van der Waals surface area contributed by atoms with Crippen LogP contribution in [0, 0.1) is 0 Å². The number of esters is 1. The van der Waals surface area contributed by atoms with Gasteiger partial charge in [-0.05, 0) is 31.7 Å². The molecule has 2 amide bonds. The van der Waals surface area contributed by atoms with Crippen molar-refractivity contribution in [2.75, 3.05) is 53.4 Å². The molecule has 0 bridgehead atoms. The van der Waals surface area contributed by atoms with Gasteiger partial charge in [0.1, 0.15) is 0 Å². The maximum atomic E-state index is 12.9. The van der Waals surface area contributed by atoms with Crippen molar-refractivity contribution >= 4 is 23.6 Å². The molecule has 0 spiro atoms. The van der Waals surface area contributed by atoms with Gasteiger partial charge in [-0.1, -0.05) is 23.7 Å². The van der Waals surface area contributed by atoms with E-state index in [2.05, 4.69) is 22.2 Å². The van der Waals surface area contributed by atoms with Crippen molar-refractivity contribution in [3.8, 4) is 0 Å². The number of urea groups is 1. The summed E-state index contributed by atoms with van der Waals surface area (Å²) < 4.78 is 5.35. The Balaban J connectivity index is 2.02. The number of nitrogens with zero attached hydrogens (tertiary/aromatic N) is 3. The first kappa shape index (κ1) is 20.6. The van der Waals surface area contributed by atoms with Crippen molar-refractivity contribution in [3.05, 3.63) is 46.1 Å². The number of benzene rings is 1. The summed E-state index contributed by atoms with van der Waals surface area (Å²) in [5.41, 5.74) is 1.90. The lowest BCUT2D eigenvalue weighted by molar-refractivity contribution is -0.139. The summed E-state index contributed by atoms with van der Waals surface area (Å²) in [4.78, 5) is 31.6. The van der Waals surface area contributed by atoms with E-state index in [9.17, 15) is 9.59 Å². The molecule has 1 aromatic rings. The van der Waals surface area contributed by atoms with Crippen LogP contribution in [0.15, 0.2) is 35.5 Å². The topological polar surface area (TPSA) is 65.1 Å². The second-order valence-corrected chi connectivity index (χ2v) is 7.59. The summed E-state index contributed by atoms with van der Waals surface area (Å²) in [6.07, 6.45) is 0. The van der Waals surface area contributed by atoms with Gasteiger partial charge in [0.2, 0.25) is 0 Å². The van der Waals surface area contributed by atoms with E-state index >= 15 is 0 Å². The Kier molecular flexibility index (Phi) is 6.59. The zero-order valence-corrected chi connectivity index (χ0v) is 17.3.